The fourth-order valence-electron chi connectivity index (χ4n) is 2.74. The van der Waals surface area contributed by atoms with Gasteiger partial charge in [-0.2, -0.15) is 0 Å². The Morgan fingerprint density at radius 2 is 0.905 bits per heavy atom. The molecule has 0 aromatic carbocycles. The van der Waals surface area contributed by atoms with Crippen LogP contribution in [0.5, 0.6) is 0 Å². The van der Waals surface area contributed by atoms with Gasteiger partial charge in [-0.15, -0.1) is 0 Å². The molecule has 0 aromatic heterocycles. The molecule has 0 heterocycles. The number of unbranched alkanes of at least 4 members (excludes halogenated alkanes) is 11. The molecule has 0 unspecified atom stereocenters. The van der Waals surface area contributed by atoms with Crippen molar-refractivity contribution in [2.75, 3.05) is 13.2 Å². The van der Waals surface area contributed by atoms with Gasteiger partial charge in [-0.3, -0.25) is 0 Å². The van der Waals surface area contributed by atoms with Crippen LogP contribution in [0.2, 0.25) is 6.04 Å². The minimum absolute atomic E-state index is 0.815. The topological polar surface area (TPSA) is 18.5 Å². The van der Waals surface area contributed by atoms with Crippen molar-refractivity contribution in [3.8, 4) is 0 Å². The normalized spacial score (nSPS) is 11.4. The molecule has 3 heteroatoms. The Morgan fingerprint density at radius 1 is 0.524 bits per heavy atom. The third-order valence-corrected chi connectivity index (χ3v) is 6.29. The maximum Gasteiger partial charge on any atom is 0.321 e. The molecule has 0 saturated heterocycles. The van der Waals surface area contributed by atoms with Crippen LogP contribution in [0.3, 0.4) is 0 Å². The summed E-state index contributed by atoms with van der Waals surface area (Å²) in [5, 5.41) is 0. The van der Waals surface area contributed by atoms with Crippen molar-refractivity contribution >= 4 is 9.28 Å². The summed E-state index contributed by atoms with van der Waals surface area (Å²) in [4.78, 5) is 0. The van der Waals surface area contributed by atoms with Crippen LogP contribution in [0.25, 0.3) is 0 Å². The Morgan fingerprint density at radius 3 is 1.29 bits per heavy atom. The highest BCUT2D eigenvalue weighted by Crippen LogP contribution is 2.13. The first-order valence-corrected chi connectivity index (χ1v) is 11.3. The molecule has 0 aromatic rings. The molecule has 0 aliphatic rings. The molecule has 21 heavy (non-hydrogen) atoms. The average molecular weight is 317 g/mol. The van der Waals surface area contributed by atoms with E-state index in [0.29, 0.717) is 0 Å². The molecule has 0 fully saturated rings. The Bertz CT molecular complexity index is 182. The van der Waals surface area contributed by atoms with E-state index in [4.69, 9.17) is 8.85 Å². The lowest BCUT2D eigenvalue weighted by molar-refractivity contribution is 0.212. The van der Waals surface area contributed by atoms with Crippen LogP contribution in [-0.4, -0.2) is 22.5 Å². The lowest BCUT2D eigenvalue weighted by Crippen LogP contribution is -2.22. The van der Waals surface area contributed by atoms with Crippen LogP contribution < -0.4 is 0 Å². The highest BCUT2D eigenvalue weighted by Gasteiger charge is 2.10. The lowest BCUT2D eigenvalue weighted by atomic mass is 10.1. The maximum absolute atomic E-state index is 5.70. The second-order valence-corrected chi connectivity index (χ2v) is 8.12. The summed E-state index contributed by atoms with van der Waals surface area (Å²) < 4.78 is 11.4. The molecule has 0 bridgehead atoms. The first kappa shape index (κ1) is 21.1. The Hall–Kier alpha value is 0.137. The van der Waals surface area contributed by atoms with E-state index in [1.54, 1.807) is 0 Å². The van der Waals surface area contributed by atoms with Crippen LogP contribution in [0, 0.1) is 0 Å². The summed E-state index contributed by atoms with van der Waals surface area (Å²) in [7, 11) is -1.32. The molecule has 0 spiro atoms. The molecule has 128 valence electrons. The van der Waals surface area contributed by atoms with Crippen LogP contribution >= 0.6 is 0 Å². The molecule has 0 amide bonds. The van der Waals surface area contributed by atoms with E-state index in [9.17, 15) is 0 Å². The van der Waals surface area contributed by atoms with Gasteiger partial charge in [-0.05, 0) is 19.9 Å². The zero-order valence-electron chi connectivity index (χ0n) is 15.0. The van der Waals surface area contributed by atoms with E-state index in [2.05, 4.69) is 20.8 Å². The van der Waals surface area contributed by atoms with Crippen molar-refractivity contribution in [3.63, 3.8) is 0 Å². The van der Waals surface area contributed by atoms with E-state index in [0.717, 1.165) is 13.2 Å². The van der Waals surface area contributed by atoms with Gasteiger partial charge in [-0.1, -0.05) is 84.0 Å². The fraction of sp³-hybridized carbons (Fsp3) is 1.00. The molecule has 0 radical (unpaired) electrons. The second kappa shape index (κ2) is 18.2. The van der Waals surface area contributed by atoms with Crippen LogP contribution in [-0.2, 0) is 8.85 Å². The van der Waals surface area contributed by atoms with Gasteiger partial charge in [0.1, 0.15) is 0 Å². The predicted molar refractivity (Wildman–Crippen MR) is 96.3 cm³/mol. The quantitative estimate of drug-likeness (QED) is 0.243. The van der Waals surface area contributed by atoms with E-state index in [1.165, 1.54) is 83.1 Å². The second-order valence-electron chi connectivity index (χ2n) is 6.02. The molecule has 0 aliphatic heterocycles. The average Bonchev–Trinajstić information content (AvgIpc) is 2.48. The smallest absolute Gasteiger partial charge is 0.321 e. The van der Waals surface area contributed by atoms with E-state index in [-0.39, 0.29) is 0 Å². The monoisotopic (exact) mass is 316 g/mol. The molecule has 0 saturated carbocycles. The highest BCUT2D eigenvalue weighted by atomic mass is 28.3. The number of hydrogen-bond donors (Lipinski definition) is 0. The SMILES string of the molecule is CCCCCCCCCCCCCC[SiH](OCC)OCC. The standard InChI is InChI=1S/C18H40O2Si/c1-4-7-8-9-10-11-12-13-14-15-16-17-18-21(19-5-2)20-6-3/h21H,4-18H2,1-3H3. The lowest BCUT2D eigenvalue weighted by Gasteiger charge is -2.14. The summed E-state index contributed by atoms with van der Waals surface area (Å²) >= 11 is 0. The molecular formula is C18H40O2Si. The van der Waals surface area contributed by atoms with E-state index >= 15 is 0 Å². The van der Waals surface area contributed by atoms with Crippen molar-refractivity contribution in [3.05, 3.63) is 0 Å². The van der Waals surface area contributed by atoms with Crippen molar-refractivity contribution in [2.45, 2.75) is 104 Å². The minimum atomic E-state index is -1.32. The van der Waals surface area contributed by atoms with Crippen molar-refractivity contribution in [2.24, 2.45) is 0 Å². The van der Waals surface area contributed by atoms with Gasteiger partial charge in [0.2, 0.25) is 0 Å². The third-order valence-electron chi connectivity index (χ3n) is 4.00. The van der Waals surface area contributed by atoms with Gasteiger partial charge in [0.15, 0.2) is 0 Å². The zero-order valence-corrected chi connectivity index (χ0v) is 16.2. The van der Waals surface area contributed by atoms with Crippen molar-refractivity contribution in [1.82, 2.24) is 0 Å². The number of rotatable bonds is 17. The molecule has 0 N–H and O–H groups in total. The maximum atomic E-state index is 5.70. The first-order valence-electron chi connectivity index (χ1n) is 9.58. The summed E-state index contributed by atoms with van der Waals surface area (Å²) in [6.45, 7) is 8.06. The Kier molecular flexibility index (Phi) is 18.3. The fourth-order valence-corrected chi connectivity index (χ4v) is 4.53. The molecular weight excluding hydrogens is 276 g/mol. The van der Waals surface area contributed by atoms with Gasteiger partial charge in [0, 0.05) is 13.2 Å². The summed E-state index contributed by atoms with van der Waals surface area (Å²) in [5.41, 5.74) is 0. The molecule has 0 aliphatic carbocycles. The molecule has 0 rings (SSSR count). The summed E-state index contributed by atoms with van der Waals surface area (Å²) in [6.07, 6.45) is 16.9. The minimum Gasteiger partial charge on any atom is -0.397 e. The van der Waals surface area contributed by atoms with Crippen LogP contribution in [0.4, 0.5) is 0 Å². The van der Waals surface area contributed by atoms with Crippen LogP contribution in [0.1, 0.15) is 97.8 Å². The Labute approximate surface area is 135 Å². The summed E-state index contributed by atoms with van der Waals surface area (Å²) in [5.74, 6) is 0. The first-order chi connectivity index (χ1) is 10.3. The zero-order chi connectivity index (χ0) is 15.6. The van der Waals surface area contributed by atoms with Gasteiger partial charge in [0.05, 0.1) is 0 Å². The van der Waals surface area contributed by atoms with Crippen molar-refractivity contribution in [1.29, 1.82) is 0 Å². The van der Waals surface area contributed by atoms with E-state index < -0.39 is 9.28 Å². The Balaban J connectivity index is 3.17. The molecule has 0 atom stereocenters. The van der Waals surface area contributed by atoms with Crippen molar-refractivity contribution < 1.29 is 8.85 Å². The molecule has 2 nitrogen and oxygen atoms in total. The van der Waals surface area contributed by atoms with Crippen LogP contribution in [0.15, 0.2) is 0 Å². The van der Waals surface area contributed by atoms with E-state index in [1.807, 2.05) is 0 Å². The third kappa shape index (κ3) is 16.3. The largest absolute Gasteiger partial charge is 0.397 e. The van der Waals surface area contributed by atoms with Gasteiger partial charge < -0.3 is 8.85 Å². The highest BCUT2D eigenvalue weighted by molar-refractivity contribution is 6.44. The number of hydrogen-bond acceptors (Lipinski definition) is 2. The van der Waals surface area contributed by atoms with Gasteiger partial charge in [-0.25, -0.2) is 0 Å². The predicted octanol–water partition coefficient (Wildman–Crippen LogP) is 5.98. The summed E-state index contributed by atoms with van der Waals surface area (Å²) in [6, 6.07) is 1.19. The van der Waals surface area contributed by atoms with Gasteiger partial charge >= 0.3 is 9.28 Å². The van der Waals surface area contributed by atoms with Gasteiger partial charge in [0.25, 0.3) is 0 Å².